The summed E-state index contributed by atoms with van der Waals surface area (Å²) >= 11 is 0. The van der Waals surface area contributed by atoms with Gasteiger partial charge >= 0.3 is 0 Å². The largest absolute Gasteiger partial charge is 0.383 e. The zero-order chi connectivity index (χ0) is 15.2. The van der Waals surface area contributed by atoms with Gasteiger partial charge in [0.15, 0.2) is 0 Å². The van der Waals surface area contributed by atoms with Gasteiger partial charge in [-0.2, -0.15) is 0 Å². The smallest absolute Gasteiger partial charge is 0.203 e. The van der Waals surface area contributed by atoms with E-state index in [1.165, 1.54) is 32.1 Å². The van der Waals surface area contributed by atoms with E-state index < -0.39 is 0 Å². The fourth-order valence-corrected chi connectivity index (χ4v) is 3.51. The predicted octanol–water partition coefficient (Wildman–Crippen LogP) is 4.03. The summed E-state index contributed by atoms with van der Waals surface area (Å²) in [7, 11) is 1.75. The quantitative estimate of drug-likeness (QED) is 0.825. The summed E-state index contributed by atoms with van der Waals surface area (Å²) in [4.78, 5) is 4.61. The molecular weight excluding hydrogens is 262 g/mol. The maximum Gasteiger partial charge on any atom is 0.203 e. The average Bonchev–Trinajstić information content (AvgIpc) is 2.80. The molecule has 2 rings (SSSR count). The number of aryl methyl sites for hydroxylation is 1. The fraction of sp³-hybridized carbons (Fsp3) is 0.824. The molecule has 0 bridgehead atoms. The number of methoxy groups -OCH3 is 1. The van der Waals surface area contributed by atoms with Crippen LogP contribution in [0.3, 0.4) is 0 Å². The van der Waals surface area contributed by atoms with Crippen LogP contribution in [0.1, 0.15) is 57.7 Å². The molecule has 0 saturated heterocycles. The van der Waals surface area contributed by atoms with Crippen molar-refractivity contribution in [2.75, 3.05) is 25.6 Å². The van der Waals surface area contributed by atoms with E-state index in [9.17, 15) is 0 Å². The highest BCUT2D eigenvalue weighted by molar-refractivity contribution is 5.29. The normalized spacial score (nSPS) is 24.0. The van der Waals surface area contributed by atoms with Gasteiger partial charge in [0.05, 0.1) is 18.3 Å². The number of nitrogens with one attached hydrogen (secondary N) is 1. The van der Waals surface area contributed by atoms with E-state index in [1.54, 1.807) is 7.11 Å². The summed E-state index contributed by atoms with van der Waals surface area (Å²) in [5.41, 5.74) is 1.06. The van der Waals surface area contributed by atoms with Gasteiger partial charge in [-0.3, -0.25) is 0 Å². The van der Waals surface area contributed by atoms with Gasteiger partial charge in [-0.25, -0.2) is 4.98 Å². The Kier molecular flexibility index (Phi) is 6.09. The van der Waals surface area contributed by atoms with Crippen LogP contribution in [-0.4, -0.2) is 29.8 Å². The van der Waals surface area contributed by atoms with Crippen molar-refractivity contribution in [1.29, 1.82) is 0 Å². The molecule has 3 atom stereocenters. The Morgan fingerprint density at radius 3 is 3.00 bits per heavy atom. The van der Waals surface area contributed by atoms with Crippen molar-refractivity contribution >= 4 is 5.95 Å². The molecule has 0 amide bonds. The van der Waals surface area contributed by atoms with E-state index in [0.29, 0.717) is 12.6 Å². The molecule has 1 aromatic heterocycles. The first-order valence-electron chi connectivity index (χ1n) is 8.38. The highest BCUT2D eigenvalue weighted by Gasteiger charge is 2.19. The van der Waals surface area contributed by atoms with Crippen LogP contribution in [0.2, 0.25) is 0 Å². The fourth-order valence-electron chi connectivity index (χ4n) is 3.51. The SMILES string of the molecule is COCC(C)n1cc(C)nc1NCCC1CCCC(C)C1. The lowest BCUT2D eigenvalue weighted by Crippen LogP contribution is -2.19. The lowest BCUT2D eigenvalue weighted by atomic mass is 9.81. The summed E-state index contributed by atoms with van der Waals surface area (Å²) in [5, 5.41) is 3.53. The zero-order valence-electron chi connectivity index (χ0n) is 14.1. The van der Waals surface area contributed by atoms with Crippen molar-refractivity contribution in [1.82, 2.24) is 9.55 Å². The van der Waals surface area contributed by atoms with Crippen LogP contribution in [0.15, 0.2) is 6.20 Å². The Labute approximate surface area is 129 Å². The first kappa shape index (κ1) is 16.3. The van der Waals surface area contributed by atoms with Gasteiger partial charge in [-0.05, 0) is 38.5 Å². The topological polar surface area (TPSA) is 39.1 Å². The van der Waals surface area contributed by atoms with E-state index >= 15 is 0 Å². The van der Waals surface area contributed by atoms with E-state index in [0.717, 1.165) is 30.0 Å². The van der Waals surface area contributed by atoms with Gasteiger partial charge < -0.3 is 14.6 Å². The van der Waals surface area contributed by atoms with Crippen LogP contribution < -0.4 is 5.32 Å². The molecule has 1 aliphatic rings. The average molecular weight is 293 g/mol. The maximum atomic E-state index is 5.26. The Morgan fingerprint density at radius 2 is 2.29 bits per heavy atom. The lowest BCUT2D eigenvalue weighted by Gasteiger charge is -2.26. The van der Waals surface area contributed by atoms with Gasteiger partial charge in [0, 0.05) is 19.9 Å². The van der Waals surface area contributed by atoms with Crippen LogP contribution in [0, 0.1) is 18.8 Å². The first-order valence-corrected chi connectivity index (χ1v) is 8.38. The summed E-state index contributed by atoms with van der Waals surface area (Å²) in [6.07, 6.45) is 8.99. The molecule has 21 heavy (non-hydrogen) atoms. The van der Waals surface area contributed by atoms with Crippen molar-refractivity contribution in [3.63, 3.8) is 0 Å². The second-order valence-corrected chi connectivity index (χ2v) is 6.77. The molecule has 1 saturated carbocycles. The van der Waals surface area contributed by atoms with Crippen molar-refractivity contribution in [2.45, 2.75) is 58.9 Å². The number of hydrogen-bond acceptors (Lipinski definition) is 3. The minimum absolute atomic E-state index is 0.313. The van der Waals surface area contributed by atoms with Crippen molar-refractivity contribution in [3.8, 4) is 0 Å². The number of rotatable bonds is 7. The molecule has 1 aliphatic carbocycles. The predicted molar refractivity (Wildman–Crippen MR) is 87.8 cm³/mol. The van der Waals surface area contributed by atoms with Gasteiger partial charge in [0.25, 0.3) is 0 Å². The second kappa shape index (κ2) is 7.83. The maximum absolute atomic E-state index is 5.26. The molecule has 120 valence electrons. The molecule has 0 aliphatic heterocycles. The van der Waals surface area contributed by atoms with E-state index in [-0.39, 0.29) is 0 Å². The monoisotopic (exact) mass is 293 g/mol. The summed E-state index contributed by atoms with van der Waals surface area (Å²) in [6.45, 7) is 8.34. The number of nitrogens with zero attached hydrogens (tertiary/aromatic N) is 2. The molecule has 0 radical (unpaired) electrons. The Bertz CT molecular complexity index is 430. The van der Waals surface area contributed by atoms with Crippen molar-refractivity contribution in [3.05, 3.63) is 11.9 Å². The van der Waals surface area contributed by atoms with Crippen molar-refractivity contribution in [2.24, 2.45) is 11.8 Å². The Balaban J connectivity index is 1.85. The molecule has 1 N–H and O–H groups in total. The number of imidazole rings is 1. The van der Waals surface area contributed by atoms with E-state index in [2.05, 4.69) is 34.9 Å². The Hall–Kier alpha value is -1.03. The van der Waals surface area contributed by atoms with Gasteiger partial charge in [-0.1, -0.05) is 26.2 Å². The third kappa shape index (κ3) is 4.73. The molecule has 1 aromatic rings. The summed E-state index contributed by atoms with van der Waals surface area (Å²) in [6, 6.07) is 0.313. The van der Waals surface area contributed by atoms with Gasteiger partial charge in [0.1, 0.15) is 0 Å². The van der Waals surface area contributed by atoms with Gasteiger partial charge in [0.2, 0.25) is 5.95 Å². The molecule has 1 fully saturated rings. The molecule has 4 heteroatoms. The van der Waals surface area contributed by atoms with Crippen LogP contribution in [0.4, 0.5) is 5.95 Å². The molecule has 0 aromatic carbocycles. The number of ether oxygens (including phenoxy) is 1. The molecule has 3 unspecified atom stereocenters. The molecular formula is C17H31N3O. The van der Waals surface area contributed by atoms with Crippen LogP contribution in [-0.2, 0) is 4.74 Å². The zero-order valence-corrected chi connectivity index (χ0v) is 14.1. The Morgan fingerprint density at radius 1 is 1.48 bits per heavy atom. The third-order valence-electron chi connectivity index (χ3n) is 4.62. The van der Waals surface area contributed by atoms with Crippen LogP contribution >= 0.6 is 0 Å². The minimum Gasteiger partial charge on any atom is -0.383 e. The van der Waals surface area contributed by atoms with Gasteiger partial charge in [-0.15, -0.1) is 0 Å². The standard InChI is InChI=1S/C17H31N3O/c1-13-6-5-7-16(10-13)8-9-18-17-19-14(2)11-20(17)15(3)12-21-4/h11,13,15-16H,5-10,12H2,1-4H3,(H,18,19). The molecule has 4 nitrogen and oxygen atoms in total. The lowest BCUT2D eigenvalue weighted by molar-refractivity contribution is 0.163. The molecule has 1 heterocycles. The van der Waals surface area contributed by atoms with Crippen molar-refractivity contribution < 1.29 is 4.74 Å². The molecule has 0 spiro atoms. The van der Waals surface area contributed by atoms with Crippen LogP contribution in [0.25, 0.3) is 0 Å². The minimum atomic E-state index is 0.313. The van der Waals surface area contributed by atoms with E-state index in [1.807, 2.05) is 6.92 Å². The number of anilines is 1. The highest BCUT2D eigenvalue weighted by Crippen LogP contribution is 2.30. The third-order valence-corrected chi connectivity index (χ3v) is 4.62. The summed E-state index contributed by atoms with van der Waals surface area (Å²) in [5.74, 6) is 2.79. The highest BCUT2D eigenvalue weighted by atomic mass is 16.5. The first-order chi connectivity index (χ1) is 10.1. The van der Waals surface area contributed by atoms with Crippen LogP contribution in [0.5, 0.6) is 0 Å². The summed E-state index contributed by atoms with van der Waals surface area (Å²) < 4.78 is 7.45. The van der Waals surface area contributed by atoms with E-state index in [4.69, 9.17) is 4.74 Å². The second-order valence-electron chi connectivity index (χ2n) is 6.77. The number of aromatic nitrogens is 2. The number of hydrogen-bond donors (Lipinski definition) is 1.